The summed E-state index contributed by atoms with van der Waals surface area (Å²) in [7, 11) is 1.49. The third-order valence-electron chi connectivity index (χ3n) is 7.23. The van der Waals surface area contributed by atoms with Crippen LogP contribution in [0.2, 0.25) is 0 Å². The molecule has 2 aromatic heterocycles. The number of aliphatic hydroxyl groups excluding tert-OH is 1. The second kappa shape index (κ2) is 10.9. The SMILES string of the molecule is COc1ccc(-c2nc3c(C(=O)N4CCN([C@@H](CO)c5ccccc5F)CC4)cnn3c(C(F)(F)F)c2C)cc1. The van der Waals surface area contributed by atoms with Gasteiger partial charge in [0.2, 0.25) is 0 Å². The summed E-state index contributed by atoms with van der Waals surface area (Å²) in [6.45, 7) is 2.14. The first-order valence-corrected chi connectivity index (χ1v) is 12.6. The summed E-state index contributed by atoms with van der Waals surface area (Å²) in [6.07, 6.45) is -3.64. The highest BCUT2D eigenvalue weighted by Gasteiger charge is 2.39. The fourth-order valence-electron chi connectivity index (χ4n) is 5.15. The Labute approximate surface area is 227 Å². The zero-order valence-corrected chi connectivity index (χ0v) is 21.8. The fourth-order valence-corrected chi connectivity index (χ4v) is 5.15. The van der Waals surface area contributed by atoms with Crippen molar-refractivity contribution in [1.82, 2.24) is 24.4 Å². The van der Waals surface area contributed by atoms with Gasteiger partial charge in [0, 0.05) is 42.9 Å². The van der Waals surface area contributed by atoms with Crippen LogP contribution in [-0.2, 0) is 6.18 Å². The zero-order chi connectivity index (χ0) is 28.6. The number of aliphatic hydroxyl groups is 1. The van der Waals surface area contributed by atoms with E-state index in [2.05, 4.69) is 10.1 Å². The molecule has 0 spiro atoms. The molecular weight excluding hydrogens is 530 g/mol. The molecule has 4 aromatic rings. The molecule has 2 aromatic carbocycles. The molecule has 1 fully saturated rings. The van der Waals surface area contributed by atoms with Crippen LogP contribution in [0.1, 0.15) is 33.2 Å². The predicted octanol–water partition coefficient (Wildman–Crippen LogP) is 4.36. The lowest BCUT2D eigenvalue weighted by Gasteiger charge is -2.38. The number of piperazine rings is 1. The fraction of sp³-hybridized carbons (Fsp3) is 0.321. The first-order valence-electron chi connectivity index (χ1n) is 12.6. The number of ether oxygens (including phenoxy) is 1. The van der Waals surface area contributed by atoms with Gasteiger partial charge in [0.1, 0.15) is 17.1 Å². The van der Waals surface area contributed by atoms with Crippen LogP contribution in [0.4, 0.5) is 17.6 Å². The molecule has 1 aliphatic heterocycles. The predicted molar refractivity (Wildman–Crippen MR) is 138 cm³/mol. The minimum Gasteiger partial charge on any atom is -0.497 e. The van der Waals surface area contributed by atoms with Crippen molar-refractivity contribution >= 4 is 11.6 Å². The molecule has 40 heavy (non-hydrogen) atoms. The highest BCUT2D eigenvalue weighted by atomic mass is 19.4. The van der Waals surface area contributed by atoms with Gasteiger partial charge in [0.05, 0.1) is 31.6 Å². The first kappa shape index (κ1) is 27.5. The first-order chi connectivity index (χ1) is 19.1. The summed E-state index contributed by atoms with van der Waals surface area (Å²) in [5.41, 5.74) is -0.512. The highest BCUT2D eigenvalue weighted by Crippen LogP contribution is 2.37. The number of hydrogen-bond acceptors (Lipinski definition) is 6. The summed E-state index contributed by atoms with van der Waals surface area (Å²) in [6, 6.07) is 12.1. The molecular formula is C28H27F4N5O3. The molecule has 1 saturated heterocycles. The van der Waals surface area contributed by atoms with Crippen LogP contribution in [0.5, 0.6) is 5.75 Å². The van der Waals surface area contributed by atoms with Gasteiger partial charge in [-0.1, -0.05) is 18.2 Å². The Balaban J connectivity index is 1.46. The largest absolute Gasteiger partial charge is 0.497 e. The number of carbonyl (C=O) groups excluding carboxylic acids is 1. The Hall–Kier alpha value is -4.03. The van der Waals surface area contributed by atoms with Gasteiger partial charge in [0.25, 0.3) is 5.91 Å². The molecule has 1 aliphatic rings. The standard InChI is InChI=1S/C28H27F4N5O3/c1-17-24(18-7-9-19(40-2)10-8-18)34-26-21(15-33-37(26)25(17)28(30,31)32)27(39)36-13-11-35(12-14-36)23(16-38)20-5-3-4-6-22(20)29/h3-10,15,23,38H,11-14,16H2,1-2H3/t23-/m0/s1. The second-order valence-corrected chi connectivity index (χ2v) is 9.50. The maximum atomic E-state index is 14.4. The van der Waals surface area contributed by atoms with Gasteiger partial charge in [-0.15, -0.1) is 0 Å². The van der Waals surface area contributed by atoms with Crippen LogP contribution < -0.4 is 4.74 Å². The second-order valence-electron chi connectivity index (χ2n) is 9.50. The summed E-state index contributed by atoms with van der Waals surface area (Å²) in [5.74, 6) is -0.400. The van der Waals surface area contributed by atoms with Crippen molar-refractivity contribution in [2.24, 2.45) is 0 Å². The molecule has 0 saturated carbocycles. The number of hydrogen-bond donors (Lipinski definition) is 1. The minimum atomic E-state index is -4.75. The normalized spacial score (nSPS) is 15.4. The lowest BCUT2D eigenvalue weighted by atomic mass is 10.0. The zero-order valence-electron chi connectivity index (χ0n) is 21.8. The van der Waals surface area contributed by atoms with Crippen LogP contribution in [0.25, 0.3) is 16.9 Å². The van der Waals surface area contributed by atoms with Crippen molar-refractivity contribution in [2.75, 3.05) is 39.9 Å². The van der Waals surface area contributed by atoms with E-state index in [4.69, 9.17) is 4.74 Å². The number of halogens is 4. The number of carbonyl (C=O) groups is 1. The van der Waals surface area contributed by atoms with Gasteiger partial charge in [-0.25, -0.2) is 13.9 Å². The molecule has 3 heterocycles. The van der Waals surface area contributed by atoms with Gasteiger partial charge in [-0.05, 0) is 37.3 Å². The van der Waals surface area contributed by atoms with Crippen molar-refractivity contribution in [2.45, 2.75) is 19.1 Å². The molecule has 0 unspecified atom stereocenters. The van der Waals surface area contributed by atoms with Gasteiger partial charge in [-0.3, -0.25) is 9.69 Å². The number of amides is 1. The molecule has 1 N–H and O–H groups in total. The average molecular weight is 558 g/mol. The number of nitrogens with zero attached hydrogens (tertiary/aromatic N) is 5. The molecule has 1 atom stereocenters. The van der Waals surface area contributed by atoms with Crippen molar-refractivity contribution < 1.29 is 32.2 Å². The molecule has 0 bridgehead atoms. The topological polar surface area (TPSA) is 83.2 Å². The van der Waals surface area contributed by atoms with E-state index in [1.165, 1.54) is 25.0 Å². The van der Waals surface area contributed by atoms with Crippen molar-refractivity contribution in [1.29, 1.82) is 0 Å². The van der Waals surface area contributed by atoms with Crippen LogP contribution in [0.15, 0.2) is 54.7 Å². The van der Waals surface area contributed by atoms with Crippen LogP contribution >= 0.6 is 0 Å². The summed E-state index contributed by atoms with van der Waals surface area (Å²) < 4.78 is 62.8. The quantitative estimate of drug-likeness (QED) is 0.355. The maximum Gasteiger partial charge on any atom is 0.433 e. The number of rotatable bonds is 6. The Morgan fingerprint density at radius 3 is 2.35 bits per heavy atom. The van der Waals surface area contributed by atoms with Gasteiger partial charge < -0.3 is 14.7 Å². The minimum absolute atomic E-state index is 0.0541. The van der Waals surface area contributed by atoms with Crippen LogP contribution in [0.3, 0.4) is 0 Å². The van der Waals surface area contributed by atoms with Gasteiger partial charge in [-0.2, -0.15) is 18.3 Å². The summed E-state index contributed by atoms with van der Waals surface area (Å²) in [5, 5.41) is 13.9. The van der Waals surface area contributed by atoms with Gasteiger partial charge >= 0.3 is 6.18 Å². The monoisotopic (exact) mass is 557 g/mol. The lowest BCUT2D eigenvalue weighted by molar-refractivity contribution is -0.143. The van der Waals surface area contributed by atoms with E-state index in [9.17, 15) is 27.5 Å². The number of fused-ring (bicyclic) bond motifs is 1. The smallest absolute Gasteiger partial charge is 0.433 e. The van der Waals surface area contributed by atoms with Crippen molar-refractivity contribution in [3.63, 3.8) is 0 Å². The average Bonchev–Trinajstić information content (AvgIpc) is 3.36. The van der Waals surface area contributed by atoms with E-state index in [0.717, 1.165) is 6.20 Å². The van der Waals surface area contributed by atoms with Gasteiger partial charge in [0.15, 0.2) is 11.3 Å². The van der Waals surface area contributed by atoms with E-state index < -0.39 is 29.6 Å². The Morgan fingerprint density at radius 2 is 1.75 bits per heavy atom. The lowest BCUT2D eigenvalue weighted by Crippen LogP contribution is -2.50. The highest BCUT2D eigenvalue weighted by molar-refractivity contribution is 6.00. The summed E-state index contributed by atoms with van der Waals surface area (Å²) >= 11 is 0. The Kier molecular flexibility index (Phi) is 7.47. The Morgan fingerprint density at radius 1 is 1.07 bits per heavy atom. The van der Waals surface area contributed by atoms with Crippen molar-refractivity contribution in [3.8, 4) is 17.0 Å². The maximum absolute atomic E-state index is 14.4. The van der Waals surface area contributed by atoms with E-state index in [1.807, 2.05) is 4.90 Å². The Bertz CT molecular complexity index is 1530. The summed E-state index contributed by atoms with van der Waals surface area (Å²) in [4.78, 5) is 21.4. The molecule has 5 rings (SSSR count). The van der Waals surface area contributed by atoms with Crippen LogP contribution in [-0.4, -0.2) is 75.3 Å². The number of benzene rings is 2. The molecule has 210 valence electrons. The van der Waals surface area contributed by atoms with Crippen molar-refractivity contribution in [3.05, 3.63) is 82.9 Å². The number of methoxy groups -OCH3 is 1. The number of alkyl halides is 3. The molecule has 8 nitrogen and oxygen atoms in total. The molecule has 0 radical (unpaired) electrons. The van der Waals surface area contributed by atoms with E-state index in [1.54, 1.807) is 42.5 Å². The van der Waals surface area contributed by atoms with E-state index >= 15 is 0 Å². The third-order valence-corrected chi connectivity index (χ3v) is 7.23. The molecule has 12 heteroatoms. The number of aromatic nitrogens is 3. The van der Waals surface area contributed by atoms with E-state index in [-0.39, 0.29) is 42.2 Å². The van der Waals surface area contributed by atoms with E-state index in [0.29, 0.717) is 34.5 Å². The third kappa shape index (κ3) is 5.00. The molecule has 0 aliphatic carbocycles. The van der Waals surface area contributed by atoms with Crippen LogP contribution in [0, 0.1) is 12.7 Å². The molecule has 1 amide bonds.